The minimum absolute atomic E-state index is 0.178. The zero-order valence-corrected chi connectivity index (χ0v) is 12.1. The van der Waals surface area contributed by atoms with E-state index in [4.69, 9.17) is 11.6 Å². The lowest BCUT2D eigenvalue weighted by atomic mass is 9.89. The van der Waals surface area contributed by atoms with Gasteiger partial charge in [0.05, 0.1) is 12.6 Å². The molecule has 0 fully saturated rings. The van der Waals surface area contributed by atoms with Crippen LogP contribution in [-0.4, -0.2) is 24.6 Å². The molecular formula is C15H20ClFN2. The molecule has 3 unspecified atom stereocenters. The van der Waals surface area contributed by atoms with E-state index in [1.54, 1.807) is 6.08 Å². The van der Waals surface area contributed by atoms with Crippen LogP contribution in [0.2, 0.25) is 0 Å². The molecular weight excluding hydrogens is 263 g/mol. The number of amidine groups is 1. The highest BCUT2D eigenvalue weighted by atomic mass is 35.5. The Hall–Kier alpha value is -1.09. The first kappa shape index (κ1) is 14.3. The molecule has 0 bridgehead atoms. The van der Waals surface area contributed by atoms with Crippen molar-refractivity contribution in [1.29, 1.82) is 0 Å². The Bertz CT molecular complexity index is 453. The molecule has 104 valence electrons. The maximum atomic E-state index is 13.6. The normalized spacial score (nSPS) is 35.5. The van der Waals surface area contributed by atoms with Gasteiger partial charge in [-0.3, -0.25) is 4.99 Å². The maximum absolute atomic E-state index is 13.6. The summed E-state index contributed by atoms with van der Waals surface area (Å²) in [5, 5.41) is 3.94. The minimum Gasteiger partial charge on any atom is -0.364 e. The zero-order chi connectivity index (χ0) is 14.0. The van der Waals surface area contributed by atoms with Crippen molar-refractivity contribution in [1.82, 2.24) is 5.32 Å². The van der Waals surface area contributed by atoms with E-state index in [9.17, 15) is 4.39 Å². The van der Waals surface area contributed by atoms with Gasteiger partial charge in [0.15, 0.2) is 0 Å². The molecule has 0 radical (unpaired) electrons. The highest BCUT2D eigenvalue weighted by Gasteiger charge is 2.29. The summed E-state index contributed by atoms with van der Waals surface area (Å²) in [6.45, 7) is 8.06. The highest BCUT2D eigenvalue weighted by Crippen LogP contribution is 2.30. The van der Waals surface area contributed by atoms with Gasteiger partial charge >= 0.3 is 0 Å². The van der Waals surface area contributed by atoms with Gasteiger partial charge in [-0.15, -0.1) is 6.58 Å². The number of rotatable bonds is 2. The van der Waals surface area contributed by atoms with Gasteiger partial charge in [-0.1, -0.05) is 36.2 Å². The Labute approximate surface area is 119 Å². The topological polar surface area (TPSA) is 24.4 Å². The van der Waals surface area contributed by atoms with E-state index in [1.807, 2.05) is 13.0 Å². The van der Waals surface area contributed by atoms with Crippen molar-refractivity contribution < 1.29 is 4.39 Å². The monoisotopic (exact) mass is 282 g/mol. The van der Waals surface area contributed by atoms with Crippen LogP contribution < -0.4 is 5.32 Å². The summed E-state index contributed by atoms with van der Waals surface area (Å²) in [6, 6.07) is -0.345. The summed E-state index contributed by atoms with van der Waals surface area (Å²) >= 11 is 6.14. The van der Waals surface area contributed by atoms with Gasteiger partial charge in [0.2, 0.25) is 0 Å². The van der Waals surface area contributed by atoms with Gasteiger partial charge in [-0.25, -0.2) is 4.39 Å². The second kappa shape index (κ2) is 5.91. The molecule has 2 nitrogen and oxygen atoms in total. The molecule has 2 rings (SSSR count). The Balaban J connectivity index is 2.22. The quantitative estimate of drug-likeness (QED) is 0.769. The number of nitrogens with zero attached hydrogens (tertiary/aromatic N) is 1. The molecule has 1 aliphatic carbocycles. The molecule has 0 saturated carbocycles. The molecule has 0 amide bonds. The molecule has 1 N–H and O–H groups in total. The maximum Gasteiger partial charge on any atom is 0.143 e. The summed E-state index contributed by atoms with van der Waals surface area (Å²) in [6.07, 6.45) is 5.59. The van der Waals surface area contributed by atoms with E-state index < -0.39 is 6.17 Å². The fourth-order valence-corrected chi connectivity index (χ4v) is 3.00. The van der Waals surface area contributed by atoms with E-state index in [-0.39, 0.29) is 18.5 Å². The molecule has 1 heterocycles. The van der Waals surface area contributed by atoms with Crippen molar-refractivity contribution in [2.24, 2.45) is 16.8 Å². The first-order valence-electron chi connectivity index (χ1n) is 6.64. The third-order valence-corrected chi connectivity index (χ3v) is 3.93. The predicted octanol–water partition coefficient (Wildman–Crippen LogP) is 3.61. The molecule has 19 heavy (non-hydrogen) atoms. The van der Waals surface area contributed by atoms with Crippen molar-refractivity contribution in [3.8, 4) is 0 Å². The molecule has 1 aliphatic heterocycles. The van der Waals surface area contributed by atoms with Gasteiger partial charge in [0.1, 0.15) is 12.0 Å². The fraction of sp³-hybridized carbons (Fsp3) is 0.533. The second-order valence-electron chi connectivity index (χ2n) is 5.35. The fourth-order valence-electron chi connectivity index (χ4n) is 2.61. The van der Waals surface area contributed by atoms with Gasteiger partial charge in [0, 0.05) is 11.0 Å². The summed E-state index contributed by atoms with van der Waals surface area (Å²) in [4.78, 5) is 4.36. The molecule has 0 saturated heterocycles. The third kappa shape index (κ3) is 3.27. The van der Waals surface area contributed by atoms with Crippen LogP contribution in [0.1, 0.15) is 20.3 Å². The predicted molar refractivity (Wildman–Crippen MR) is 79.3 cm³/mol. The second-order valence-corrected chi connectivity index (χ2v) is 5.79. The largest absolute Gasteiger partial charge is 0.364 e. The summed E-state index contributed by atoms with van der Waals surface area (Å²) < 4.78 is 13.6. The van der Waals surface area contributed by atoms with E-state index in [2.05, 4.69) is 29.9 Å². The Morgan fingerprint density at radius 1 is 1.58 bits per heavy atom. The van der Waals surface area contributed by atoms with Gasteiger partial charge in [0.25, 0.3) is 0 Å². The van der Waals surface area contributed by atoms with Crippen molar-refractivity contribution in [3.63, 3.8) is 0 Å². The lowest BCUT2D eigenvalue weighted by Crippen LogP contribution is -2.48. The Kier molecular flexibility index (Phi) is 4.46. The van der Waals surface area contributed by atoms with Crippen LogP contribution in [0.3, 0.4) is 0 Å². The van der Waals surface area contributed by atoms with Crippen LogP contribution in [0, 0.1) is 11.8 Å². The summed E-state index contributed by atoms with van der Waals surface area (Å²) in [5.74, 6) is 1.41. The van der Waals surface area contributed by atoms with Crippen LogP contribution in [0.25, 0.3) is 0 Å². The van der Waals surface area contributed by atoms with Crippen molar-refractivity contribution in [3.05, 3.63) is 35.4 Å². The van der Waals surface area contributed by atoms with Crippen molar-refractivity contribution in [2.75, 3.05) is 6.54 Å². The number of aliphatic imine (C=N–C) groups is 1. The number of hydrogen-bond donors (Lipinski definition) is 1. The number of nitrogens with one attached hydrogen (secondary N) is 1. The van der Waals surface area contributed by atoms with Crippen LogP contribution >= 0.6 is 11.6 Å². The average molecular weight is 283 g/mol. The lowest BCUT2D eigenvalue weighted by Gasteiger charge is -2.30. The van der Waals surface area contributed by atoms with E-state index >= 15 is 0 Å². The number of hydrogen-bond acceptors (Lipinski definition) is 2. The summed E-state index contributed by atoms with van der Waals surface area (Å²) in [7, 11) is 0. The van der Waals surface area contributed by atoms with Crippen molar-refractivity contribution in [2.45, 2.75) is 32.5 Å². The number of halogens is 2. The van der Waals surface area contributed by atoms with Crippen LogP contribution in [-0.2, 0) is 0 Å². The van der Waals surface area contributed by atoms with Gasteiger partial charge in [-0.05, 0) is 25.3 Å². The molecule has 0 spiro atoms. The first-order chi connectivity index (χ1) is 9.01. The Morgan fingerprint density at radius 3 is 3.00 bits per heavy atom. The zero-order valence-electron chi connectivity index (χ0n) is 11.4. The first-order valence-corrected chi connectivity index (χ1v) is 7.02. The van der Waals surface area contributed by atoms with Crippen molar-refractivity contribution >= 4 is 17.4 Å². The Morgan fingerprint density at radius 2 is 2.32 bits per heavy atom. The van der Waals surface area contributed by atoms with Gasteiger partial charge in [-0.2, -0.15) is 0 Å². The SMILES string of the molecule is C=CC1NC(C2C[C@@H](C)C=C(Cl)C=C2C)=NCC1F. The van der Waals surface area contributed by atoms with E-state index in [0.717, 1.165) is 22.9 Å². The third-order valence-electron chi connectivity index (χ3n) is 3.69. The molecule has 0 aromatic carbocycles. The highest BCUT2D eigenvalue weighted by molar-refractivity contribution is 6.31. The lowest BCUT2D eigenvalue weighted by molar-refractivity contribution is 0.290. The van der Waals surface area contributed by atoms with E-state index in [0.29, 0.717) is 5.92 Å². The number of allylic oxidation sites excluding steroid dienone is 3. The molecule has 4 heteroatoms. The molecule has 0 aromatic heterocycles. The minimum atomic E-state index is -0.990. The van der Waals surface area contributed by atoms with Crippen LogP contribution in [0.15, 0.2) is 40.4 Å². The van der Waals surface area contributed by atoms with Crippen LogP contribution in [0.5, 0.6) is 0 Å². The van der Waals surface area contributed by atoms with Gasteiger partial charge < -0.3 is 5.32 Å². The molecule has 0 aromatic rings. The number of alkyl halides is 1. The van der Waals surface area contributed by atoms with Crippen LogP contribution in [0.4, 0.5) is 4.39 Å². The average Bonchev–Trinajstić information content (AvgIpc) is 2.48. The smallest absolute Gasteiger partial charge is 0.143 e. The van der Waals surface area contributed by atoms with E-state index in [1.165, 1.54) is 0 Å². The standard InChI is InChI=1S/C15H20ClFN2/c1-4-14-13(17)8-18-15(19-14)12-6-9(2)5-11(16)7-10(12)3/h4-5,7,9,12-14H,1,6,8H2,2-3H3,(H,18,19)/t9-,12?,13?,14?/m0/s1. The summed E-state index contributed by atoms with van der Waals surface area (Å²) in [5.41, 5.74) is 1.16. The molecule has 4 atom stereocenters. The molecule has 2 aliphatic rings.